The van der Waals surface area contributed by atoms with E-state index in [4.69, 9.17) is 5.73 Å². The Morgan fingerprint density at radius 3 is 2.88 bits per heavy atom. The van der Waals surface area contributed by atoms with Gasteiger partial charge in [0.1, 0.15) is 0 Å². The number of rotatable bonds is 3. The standard InChI is InChI=1S/C14H25N3/c1-10(2)5-6-17-13-8-14(3,4)7-12(15)11(13)9-16-17/h9-10,12H,5-8,15H2,1-4H3. The van der Waals surface area contributed by atoms with Crippen LogP contribution in [0.2, 0.25) is 0 Å². The van der Waals surface area contributed by atoms with Gasteiger partial charge < -0.3 is 5.73 Å². The highest BCUT2D eigenvalue weighted by Crippen LogP contribution is 2.39. The van der Waals surface area contributed by atoms with E-state index >= 15 is 0 Å². The first-order valence-corrected chi connectivity index (χ1v) is 6.69. The van der Waals surface area contributed by atoms with Crippen LogP contribution in [-0.2, 0) is 13.0 Å². The average Bonchev–Trinajstić information content (AvgIpc) is 2.56. The van der Waals surface area contributed by atoms with Gasteiger partial charge in [-0.05, 0) is 30.6 Å². The molecule has 3 heteroatoms. The summed E-state index contributed by atoms with van der Waals surface area (Å²) in [4.78, 5) is 0. The summed E-state index contributed by atoms with van der Waals surface area (Å²) in [5.41, 5.74) is 9.19. The smallest absolute Gasteiger partial charge is 0.0540 e. The highest BCUT2D eigenvalue weighted by atomic mass is 15.3. The number of hydrogen-bond acceptors (Lipinski definition) is 2. The second-order valence-electron chi connectivity index (χ2n) is 6.60. The molecule has 0 saturated carbocycles. The summed E-state index contributed by atoms with van der Waals surface area (Å²) >= 11 is 0. The molecule has 0 spiro atoms. The summed E-state index contributed by atoms with van der Waals surface area (Å²) < 4.78 is 2.18. The number of nitrogens with two attached hydrogens (primary N) is 1. The van der Waals surface area contributed by atoms with Crippen LogP contribution in [0, 0.1) is 11.3 Å². The molecular formula is C14H25N3. The van der Waals surface area contributed by atoms with Crippen molar-refractivity contribution in [2.45, 2.75) is 59.5 Å². The summed E-state index contributed by atoms with van der Waals surface area (Å²) in [6.45, 7) is 10.1. The highest BCUT2D eigenvalue weighted by Gasteiger charge is 2.32. The molecule has 0 aromatic carbocycles. The zero-order valence-corrected chi connectivity index (χ0v) is 11.5. The molecule has 1 aliphatic rings. The molecule has 0 radical (unpaired) electrons. The van der Waals surface area contributed by atoms with Crippen molar-refractivity contribution in [1.29, 1.82) is 0 Å². The van der Waals surface area contributed by atoms with E-state index in [1.54, 1.807) is 0 Å². The fourth-order valence-electron chi connectivity index (χ4n) is 2.73. The Morgan fingerprint density at radius 2 is 2.24 bits per heavy atom. The fraction of sp³-hybridized carbons (Fsp3) is 0.786. The van der Waals surface area contributed by atoms with E-state index in [1.165, 1.54) is 17.7 Å². The normalized spacial score (nSPS) is 22.8. The third kappa shape index (κ3) is 2.71. The third-order valence-electron chi connectivity index (χ3n) is 3.72. The van der Waals surface area contributed by atoms with Crippen molar-refractivity contribution >= 4 is 0 Å². The molecule has 0 bridgehead atoms. The minimum atomic E-state index is 0.168. The molecule has 0 aliphatic heterocycles. The molecule has 2 N–H and O–H groups in total. The summed E-state index contributed by atoms with van der Waals surface area (Å²) in [6, 6.07) is 0.168. The van der Waals surface area contributed by atoms with Crippen LogP contribution in [-0.4, -0.2) is 9.78 Å². The van der Waals surface area contributed by atoms with E-state index in [-0.39, 0.29) is 6.04 Å². The van der Waals surface area contributed by atoms with Gasteiger partial charge in [-0.25, -0.2) is 0 Å². The van der Waals surface area contributed by atoms with Crippen LogP contribution in [0.5, 0.6) is 0 Å². The lowest BCUT2D eigenvalue weighted by molar-refractivity contribution is 0.272. The van der Waals surface area contributed by atoms with Crippen molar-refractivity contribution in [3.05, 3.63) is 17.5 Å². The Morgan fingerprint density at radius 1 is 1.53 bits per heavy atom. The molecule has 1 unspecified atom stereocenters. The van der Waals surface area contributed by atoms with E-state index in [0.29, 0.717) is 5.41 Å². The van der Waals surface area contributed by atoms with Gasteiger partial charge in [-0.3, -0.25) is 4.68 Å². The molecule has 2 rings (SSSR count). The van der Waals surface area contributed by atoms with Crippen LogP contribution in [0.3, 0.4) is 0 Å². The van der Waals surface area contributed by atoms with Crippen molar-refractivity contribution in [1.82, 2.24) is 9.78 Å². The molecule has 3 nitrogen and oxygen atoms in total. The maximum atomic E-state index is 6.24. The van der Waals surface area contributed by atoms with E-state index in [1.807, 2.05) is 6.20 Å². The topological polar surface area (TPSA) is 43.8 Å². The molecule has 1 atom stereocenters. The predicted octanol–water partition coefficient (Wildman–Crippen LogP) is 2.90. The van der Waals surface area contributed by atoms with E-state index in [9.17, 15) is 0 Å². The number of aryl methyl sites for hydroxylation is 1. The number of fused-ring (bicyclic) bond motifs is 1. The first kappa shape index (κ1) is 12.6. The van der Waals surface area contributed by atoms with Crippen LogP contribution in [0.4, 0.5) is 0 Å². The van der Waals surface area contributed by atoms with Gasteiger partial charge in [-0.15, -0.1) is 0 Å². The van der Waals surface area contributed by atoms with Crippen molar-refractivity contribution in [2.24, 2.45) is 17.1 Å². The molecule has 17 heavy (non-hydrogen) atoms. The molecule has 1 aliphatic carbocycles. The monoisotopic (exact) mass is 235 g/mol. The van der Waals surface area contributed by atoms with Gasteiger partial charge in [0.2, 0.25) is 0 Å². The van der Waals surface area contributed by atoms with Crippen LogP contribution >= 0.6 is 0 Å². The van der Waals surface area contributed by atoms with Gasteiger partial charge in [0.15, 0.2) is 0 Å². The third-order valence-corrected chi connectivity index (χ3v) is 3.72. The Kier molecular flexibility index (Phi) is 3.30. The average molecular weight is 235 g/mol. The van der Waals surface area contributed by atoms with E-state index < -0.39 is 0 Å². The first-order valence-electron chi connectivity index (χ1n) is 6.69. The summed E-state index contributed by atoms with van der Waals surface area (Å²) in [6.07, 6.45) is 5.34. The molecule has 0 fully saturated rings. The molecule has 1 aromatic rings. The minimum absolute atomic E-state index is 0.168. The van der Waals surface area contributed by atoms with Crippen LogP contribution in [0.25, 0.3) is 0 Å². The largest absolute Gasteiger partial charge is 0.324 e. The van der Waals surface area contributed by atoms with Gasteiger partial charge in [-0.1, -0.05) is 27.7 Å². The summed E-state index contributed by atoms with van der Waals surface area (Å²) in [7, 11) is 0. The predicted molar refractivity (Wildman–Crippen MR) is 70.7 cm³/mol. The van der Waals surface area contributed by atoms with Crippen LogP contribution < -0.4 is 5.73 Å². The first-order chi connectivity index (χ1) is 7.89. The Hall–Kier alpha value is -0.830. The highest BCUT2D eigenvalue weighted by molar-refractivity contribution is 5.26. The minimum Gasteiger partial charge on any atom is -0.324 e. The molecule has 0 amide bonds. The van der Waals surface area contributed by atoms with Crippen molar-refractivity contribution in [3.8, 4) is 0 Å². The van der Waals surface area contributed by atoms with Gasteiger partial charge in [0.25, 0.3) is 0 Å². The number of hydrogen-bond donors (Lipinski definition) is 1. The van der Waals surface area contributed by atoms with Crippen molar-refractivity contribution in [2.75, 3.05) is 0 Å². The Labute approximate surface area is 104 Å². The lowest BCUT2D eigenvalue weighted by Crippen LogP contribution is -2.30. The van der Waals surface area contributed by atoms with E-state index in [2.05, 4.69) is 37.5 Å². The maximum Gasteiger partial charge on any atom is 0.0540 e. The molecule has 96 valence electrons. The van der Waals surface area contributed by atoms with Crippen LogP contribution in [0.1, 0.15) is 57.8 Å². The lowest BCUT2D eigenvalue weighted by Gasteiger charge is -2.33. The second kappa shape index (κ2) is 4.45. The van der Waals surface area contributed by atoms with Crippen molar-refractivity contribution in [3.63, 3.8) is 0 Å². The fourth-order valence-corrected chi connectivity index (χ4v) is 2.73. The molecule has 1 heterocycles. The van der Waals surface area contributed by atoms with E-state index in [0.717, 1.165) is 25.3 Å². The molecule has 0 saturated heterocycles. The Balaban J connectivity index is 2.21. The number of nitrogens with zero attached hydrogens (tertiary/aromatic N) is 2. The molecule has 1 aromatic heterocycles. The maximum absolute atomic E-state index is 6.24. The number of aromatic nitrogens is 2. The van der Waals surface area contributed by atoms with Gasteiger partial charge >= 0.3 is 0 Å². The van der Waals surface area contributed by atoms with Crippen molar-refractivity contribution < 1.29 is 0 Å². The second-order valence-corrected chi connectivity index (χ2v) is 6.60. The van der Waals surface area contributed by atoms with Gasteiger partial charge in [-0.2, -0.15) is 5.10 Å². The van der Waals surface area contributed by atoms with Crippen LogP contribution in [0.15, 0.2) is 6.20 Å². The zero-order valence-electron chi connectivity index (χ0n) is 11.5. The lowest BCUT2D eigenvalue weighted by atomic mass is 9.75. The molecular weight excluding hydrogens is 210 g/mol. The SMILES string of the molecule is CC(C)CCn1ncc2c1CC(C)(C)CC2N. The van der Waals surface area contributed by atoms with Gasteiger partial charge in [0, 0.05) is 23.8 Å². The quantitative estimate of drug-likeness (QED) is 0.875. The summed E-state index contributed by atoms with van der Waals surface area (Å²) in [5, 5.41) is 4.52. The Bertz CT molecular complexity index is 390. The zero-order chi connectivity index (χ0) is 12.6. The van der Waals surface area contributed by atoms with Gasteiger partial charge in [0.05, 0.1) is 6.20 Å². The summed E-state index contributed by atoms with van der Waals surface area (Å²) in [5.74, 6) is 0.722.